The number of rotatable bonds is 7. The molecule has 0 aliphatic rings. The van der Waals surface area contributed by atoms with Crippen molar-refractivity contribution in [1.29, 1.82) is 0 Å². The highest BCUT2D eigenvalue weighted by Gasteiger charge is 2.18. The number of nitrogens with zero attached hydrogens (tertiary/aromatic N) is 2. The van der Waals surface area contributed by atoms with E-state index in [2.05, 4.69) is 169 Å². The van der Waals surface area contributed by atoms with E-state index in [1.54, 1.807) is 0 Å². The number of hydrogen-bond donors (Lipinski definition) is 0. The molecule has 0 saturated heterocycles. The Morgan fingerprint density at radius 2 is 0.895 bits per heavy atom. The number of furan rings is 1. The van der Waals surface area contributed by atoms with Crippen LogP contribution in [-0.2, 0) is 0 Å². The Labute approximate surface area is 329 Å². The van der Waals surface area contributed by atoms with E-state index in [1.165, 1.54) is 33.0 Å². The maximum absolute atomic E-state index is 6.44. The molecule has 0 unspecified atom stereocenters. The number of hydrogen-bond acceptors (Lipinski definition) is 4. The van der Waals surface area contributed by atoms with Gasteiger partial charge in [-0.05, 0) is 123 Å². The standard InChI is InChI=1S/C53H34N2O2/c1-3-10-35(11-4-1)37-20-25-44(26-21-37)55(46-17-9-16-41(33-46)42-19-18-36-12-7-8-15-40(36)32-42)45-27-22-38(23-28-45)43-24-29-47-50(34-43)56-48-30-31-49-52(51(47)48)54-53(57-49)39-13-5-2-6-14-39/h1-34H. The Bertz CT molecular complexity index is 3220. The smallest absolute Gasteiger partial charge is 0.227 e. The molecule has 2 heterocycles. The molecule has 0 N–H and O–H groups in total. The minimum absolute atomic E-state index is 0.603. The first-order chi connectivity index (χ1) is 28.2. The first-order valence-corrected chi connectivity index (χ1v) is 19.2. The molecule has 0 amide bonds. The van der Waals surface area contributed by atoms with Crippen LogP contribution in [0.15, 0.2) is 215 Å². The van der Waals surface area contributed by atoms with E-state index in [1.807, 2.05) is 42.5 Å². The number of anilines is 3. The number of aromatic nitrogens is 1. The number of fused-ring (bicyclic) bond motifs is 6. The van der Waals surface area contributed by atoms with Crippen LogP contribution < -0.4 is 4.90 Å². The first-order valence-electron chi connectivity index (χ1n) is 19.2. The lowest BCUT2D eigenvalue weighted by atomic mass is 10.00. The molecule has 0 saturated carbocycles. The third-order valence-electron chi connectivity index (χ3n) is 10.9. The van der Waals surface area contributed by atoms with Crippen molar-refractivity contribution in [3.05, 3.63) is 206 Å². The van der Waals surface area contributed by atoms with E-state index >= 15 is 0 Å². The highest BCUT2D eigenvalue weighted by atomic mass is 16.4. The highest BCUT2D eigenvalue weighted by Crippen LogP contribution is 2.41. The van der Waals surface area contributed by atoms with Crippen molar-refractivity contribution in [2.24, 2.45) is 0 Å². The van der Waals surface area contributed by atoms with Crippen molar-refractivity contribution in [3.63, 3.8) is 0 Å². The molecule has 0 aliphatic carbocycles. The van der Waals surface area contributed by atoms with Crippen LogP contribution >= 0.6 is 0 Å². The molecule has 11 rings (SSSR count). The van der Waals surface area contributed by atoms with Gasteiger partial charge in [-0.2, -0.15) is 0 Å². The molecule has 2 aromatic heterocycles. The van der Waals surface area contributed by atoms with Crippen LogP contribution in [0.4, 0.5) is 17.1 Å². The van der Waals surface area contributed by atoms with E-state index in [0.717, 1.165) is 66.8 Å². The lowest BCUT2D eigenvalue weighted by molar-refractivity contribution is 0.619. The average Bonchev–Trinajstić information content (AvgIpc) is 3.89. The van der Waals surface area contributed by atoms with Crippen molar-refractivity contribution in [2.45, 2.75) is 0 Å². The van der Waals surface area contributed by atoms with E-state index in [-0.39, 0.29) is 0 Å². The number of benzene rings is 9. The van der Waals surface area contributed by atoms with E-state index in [9.17, 15) is 0 Å². The van der Waals surface area contributed by atoms with Gasteiger partial charge < -0.3 is 13.7 Å². The van der Waals surface area contributed by atoms with Crippen LogP contribution in [0.25, 0.3) is 88.6 Å². The topological polar surface area (TPSA) is 42.4 Å². The second-order valence-electron chi connectivity index (χ2n) is 14.4. The van der Waals surface area contributed by atoms with Gasteiger partial charge in [-0.1, -0.05) is 127 Å². The molecule has 0 aliphatic heterocycles. The lowest BCUT2D eigenvalue weighted by Crippen LogP contribution is -2.10. The zero-order valence-corrected chi connectivity index (χ0v) is 30.8. The summed E-state index contributed by atoms with van der Waals surface area (Å²) in [5.41, 5.74) is 14.2. The molecule has 0 bridgehead atoms. The SMILES string of the molecule is c1ccc(-c2ccc(N(c3ccc(-c4ccc5c(c4)oc4ccc6oc(-c7ccccc7)nc6c45)cc3)c3cccc(-c4ccc5ccccc5c4)c3)cc2)cc1. The molecule has 268 valence electrons. The van der Waals surface area contributed by atoms with Gasteiger partial charge in [0.05, 0.1) is 5.39 Å². The molecule has 11 aromatic rings. The zero-order chi connectivity index (χ0) is 37.7. The predicted octanol–water partition coefficient (Wildman–Crippen LogP) is 15.0. The van der Waals surface area contributed by atoms with Gasteiger partial charge in [-0.3, -0.25) is 0 Å². The third-order valence-corrected chi connectivity index (χ3v) is 10.9. The quantitative estimate of drug-likeness (QED) is 0.164. The molecule has 4 heteroatoms. The monoisotopic (exact) mass is 730 g/mol. The normalized spacial score (nSPS) is 11.5. The second-order valence-corrected chi connectivity index (χ2v) is 14.4. The Morgan fingerprint density at radius 3 is 1.65 bits per heavy atom. The number of oxazole rings is 1. The van der Waals surface area contributed by atoms with Gasteiger partial charge in [0.1, 0.15) is 16.7 Å². The van der Waals surface area contributed by atoms with Gasteiger partial charge in [0, 0.05) is 28.0 Å². The largest absolute Gasteiger partial charge is 0.456 e. The van der Waals surface area contributed by atoms with Crippen LogP contribution in [-0.4, -0.2) is 4.98 Å². The summed E-state index contributed by atoms with van der Waals surface area (Å²) in [6.45, 7) is 0. The van der Waals surface area contributed by atoms with Crippen LogP contribution in [0.1, 0.15) is 0 Å². The fourth-order valence-electron chi connectivity index (χ4n) is 8.01. The van der Waals surface area contributed by atoms with Crippen LogP contribution in [0.5, 0.6) is 0 Å². The summed E-state index contributed by atoms with van der Waals surface area (Å²) in [6.07, 6.45) is 0. The van der Waals surface area contributed by atoms with Gasteiger partial charge in [0.15, 0.2) is 5.58 Å². The van der Waals surface area contributed by atoms with Crippen molar-refractivity contribution >= 4 is 60.9 Å². The summed E-state index contributed by atoms with van der Waals surface area (Å²) >= 11 is 0. The summed E-state index contributed by atoms with van der Waals surface area (Å²) in [4.78, 5) is 7.25. The fraction of sp³-hybridized carbons (Fsp3) is 0. The maximum Gasteiger partial charge on any atom is 0.227 e. The van der Waals surface area contributed by atoms with Crippen molar-refractivity contribution in [2.75, 3.05) is 4.90 Å². The van der Waals surface area contributed by atoms with Crippen LogP contribution in [0, 0.1) is 0 Å². The molecule has 0 fully saturated rings. The molecular weight excluding hydrogens is 697 g/mol. The van der Waals surface area contributed by atoms with Gasteiger partial charge >= 0.3 is 0 Å². The van der Waals surface area contributed by atoms with Crippen molar-refractivity contribution in [3.8, 4) is 44.8 Å². The molecule has 57 heavy (non-hydrogen) atoms. The molecular formula is C53H34N2O2. The van der Waals surface area contributed by atoms with Gasteiger partial charge in [0.2, 0.25) is 5.89 Å². The molecule has 0 spiro atoms. The first kappa shape index (κ1) is 32.7. The average molecular weight is 731 g/mol. The molecule has 4 nitrogen and oxygen atoms in total. The fourth-order valence-corrected chi connectivity index (χ4v) is 8.01. The van der Waals surface area contributed by atoms with Gasteiger partial charge in [-0.15, -0.1) is 0 Å². The summed E-state index contributed by atoms with van der Waals surface area (Å²) in [6, 6.07) is 72.5. The minimum Gasteiger partial charge on any atom is -0.456 e. The zero-order valence-electron chi connectivity index (χ0n) is 30.8. The lowest BCUT2D eigenvalue weighted by Gasteiger charge is -2.26. The van der Waals surface area contributed by atoms with Gasteiger partial charge in [-0.25, -0.2) is 4.98 Å². The second kappa shape index (κ2) is 13.6. The maximum atomic E-state index is 6.44. The predicted molar refractivity (Wildman–Crippen MR) is 235 cm³/mol. The minimum atomic E-state index is 0.603. The summed E-state index contributed by atoms with van der Waals surface area (Å²) in [7, 11) is 0. The summed E-state index contributed by atoms with van der Waals surface area (Å²) < 4.78 is 12.6. The summed E-state index contributed by atoms with van der Waals surface area (Å²) in [5.74, 6) is 0.603. The van der Waals surface area contributed by atoms with E-state index < -0.39 is 0 Å². The Kier molecular flexibility index (Phi) is 7.78. The Morgan fingerprint density at radius 1 is 0.333 bits per heavy atom. The molecule has 0 atom stereocenters. The van der Waals surface area contributed by atoms with E-state index in [0.29, 0.717) is 5.89 Å². The highest BCUT2D eigenvalue weighted by molar-refractivity contribution is 6.17. The Hall–Kier alpha value is -7.69. The molecule has 9 aromatic carbocycles. The van der Waals surface area contributed by atoms with Gasteiger partial charge in [0.25, 0.3) is 0 Å². The van der Waals surface area contributed by atoms with Crippen molar-refractivity contribution < 1.29 is 8.83 Å². The molecule has 0 radical (unpaired) electrons. The van der Waals surface area contributed by atoms with E-state index in [4.69, 9.17) is 13.8 Å². The van der Waals surface area contributed by atoms with Crippen LogP contribution in [0.2, 0.25) is 0 Å². The van der Waals surface area contributed by atoms with Crippen molar-refractivity contribution in [1.82, 2.24) is 4.98 Å². The summed E-state index contributed by atoms with van der Waals surface area (Å²) in [5, 5.41) is 4.45. The van der Waals surface area contributed by atoms with Crippen LogP contribution in [0.3, 0.4) is 0 Å². The third kappa shape index (κ3) is 5.92. The Balaban J connectivity index is 0.967.